The predicted octanol–water partition coefficient (Wildman–Crippen LogP) is 2.80. The van der Waals surface area contributed by atoms with Gasteiger partial charge < -0.3 is 5.73 Å². The molecule has 0 saturated heterocycles. The molecule has 2 rings (SSSR count). The van der Waals surface area contributed by atoms with E-state index in [0.717, 1.165) is 22.5 Å². The molecule has 0 aliphatic heterocycles. The number of rotatable bonds is 3. The highest BCUT2D eigenvalue weighted by molar-refractivity contribution is 6.31. The predicted molar refractivity (Wildman–Crippen MR) is 70.1 cm³/mol. The standard InChI is InChI=1S/C13H15ClFN3/c1-8-12(6-16)9(2)18(17-8)7-10-3-4-11(15)5-13(10)14/h3-5H,6-7,16H2,1-2H3. The second-order valence-electron chi connectivity index (χ2n) is 4.25. The number of benzene rings is 1. The summed E-state index contributed by atoms with van der Waals surface area (Å²) in [6, 6.07) is 4.39. The highest BCUT2D eigenvalue weighted by atomic mass is 35.5. The van der Waals surface area contributed by atoms with Crippen molar-refractivity contribution >= 4 is 11.6 Å². The third-order valence-electron chi connectivity index (χ3n) is 3.07. The summed E-state index contributed by atoms with van der Waals surface area (Å²) in [6.07, 6.45) is 0. The summed E-state index contributed by atoms with van der Waals surface area (Å²) in [5.74, 6) is -0.334. The van der Waals surface area contributed by atoms with Crippen LogP contribution in [0.1, 0.15) is 22.5 Å². The first-order chi connectivity index (χ1) is 8.52. The van der Waals surface area contributed by atoms with Gasteiger partial charge in [0.1, 0.15) is 5.82 Å². The first-order valence-corrected chi connectivity index (χ1v) is 6.07. The van der Waals surface area contributed by atoms with E-state index in [0.29, 0.717) is 18.1 Å². The molecule has 5 heteroatoms. The van der Waals surface area contributed by atoms with Gasteiger partial charge in [0.05, 0.1) is 12.2 Å². The van der Waals surface area contributed by atoms with Crippen LogP contribution in [0, 0.1) is 19.7 Å². The monoisotopic (exact) mass is 267 g/mol. The van der Waals surface area contributed by atoms with E-state index >= 15 is 0 Å². The molecule has 96 valence electrons. The van der Waals surface area contributed by atoms with Crippen molar-refractivity contribution in [3.8, 4) is 0 Å². The van der Waals surface area contributed by atoms with Gasteiger partial charge in [-0.05, 0) is 31.5 Å². The van der Waals surface area contributed by atoms with E-state index in [1.165, 1.54) is 12.1 Å². The van der Waals surface area contributed by atoms with E-state index in [9.17, 15) is 4.39 Å². The van der Waals surface area contributed by atoms with Crippen molar-refractivity contribution in [3.63, 3.8) is 0 Å². The second-order valence-corrected chi connectivity index (χ2v) is 4.65. The molecule has 1 heterocycles. The molecule has 0 saturated carbocycles. The minimum atomic E-state index is -0.334. The molecule has 0 bridgehead atoms. The SMILES string of the molecule is Cc1nn(Cc2ccc(F)cc2Cl)c(C)c1CN. The lowest BCUT2D eigenvalue weighted by atomic mass is 10.2. The first kappa shape index (κ1) is 13.1. The number of hydrogen-bond donors (Lipinski definition) is 1. The Kier molecular flexibility index (Phi) is 3.68. The number of aromatic nitrogens is 2. The maximum Gasteiger partial charge on any atom is 0.124 e. The first-order valence-electron chi connectivity index (χ1n) is 5.69. The fourth-order valence-electron chi connectivity index (χ4n) is 1.99. The molecule has 0 atom stereocenters. The minimum Gasteiger partial charge on any atom is -0.326 e. The van der Waals surface area contributed by atoms with Gasteiger partial charge in [0, 0.05) is 22.8 Å². The smallest absolute Gasteiger partial charge is 0.124 e. The van der Waals surface area contributed by atoms with Crippen molar-refractivity contribution in [2.45, 2.75) is 26.9 Å². The normalized spacial score (nSPS) is 10.9. The van der Waals surface area contributed by atoms with Crippen molar-refractivity contribution in [3.05, 3.63) is 51.6 Å². The number of nitrogens with two attached hydrogens (primary N) is 1. The lowest BCUT2D eigenvalue weighted by Crippen LogP contribution is -2.06. The molecular formula is C13H15ClFN3. The van der Waals surface area contributed by atoms with Gasteiger partial charge in [-0.3, -0.25) is 4.68 Å². The Bertz CT molecular complexity index is 578. The summed E-state index contributed by atoms with van der Waals surface area (Å²) >= 11 is 6.01. The fraction of sp³-hybridized carbons (Fsp3) is 0.308. The average molecular weight is 268 g/mol. The molecule has 0 aliphatic rings. The Morgan fingerprint density at radius 3 is 2.67 bits per heavy atom. The summed E-state index contributed by atoms with van der Waals surface area (Å²) in [4.78, 5) is 0. The molecule has 2 aromatic rings. The van der Waals surface area contributed by atoms with E-state index < -0.39 is 0 Å². The molecule has 3 nitrogen and oxygen atoms in total. The van der Waals surface area contributed by atoms with Crippen LogP contribution in [0.15, 0.2) is 18.2 Å². The highest BCUT2D eigenvalue weighted by Crippen LogP contribution is 2.20. The van der Waals surface area contributed by atoms with Crippen LogP contribution in [-0.4, -0.2) is 9.78 Å². The molecule has 0 radical (unpaired) electrons. The van der Waals surface area contributed by atoms with Crippen molar-refractivity contribution in [2.75, 3.05) is 0 Å². The summed E-state index contributed by atoms with van der Waals surface area (Å²) < 4.78 is 14.8. The van der Waals surface area contributed by atoms with Crippen LogP contribution in [0.2, 0.25) is 5.02 Å². The van der Waals surface area contributed by atoms with Crippen LogP contribution in [0.5, 0.6) is 0 Å². The molecule has 0 aliphatic carbocycles. The molecule has 0 spiro atoms. The quantitative estimate of drug-likeness (QED) is 0.929. The summed E-state index contributed by atoms with van der Waals surface area (Å²) in [6.45, 7) is 4.89. The zero-order valence-corrected chi connectivity index (χ0v) is 11.1. The maximum absolute atomic E-state index is 13.0. The molecule has 0 unspecified atom stereocenters. The van der Waals surface area contributed by atoms with Crippen molar-refractivity contribution < 1.29 is 4.39 Å². The highest BCUT2D eigenvalue weighted by Gasteiger charge is 2.11. The maximum atomic E-state index is 13.0. The van der Waals surface area contributed by atoms with Gasteiger partial charge in [-0.25, -0.2) is 4.39 Å². The van der Waals surface area contributed by atoms with Gasteiger partial charge in [-0.15, -0.1) is 0 Å². The van der Waals surface area contributed by atoms with Crippen LogP contribution in [0.25, 0.3) is 0 Å². The molecule has 18 heavy (non-hydrogen) atoms. The fourth-order valence-corrected chi connectivity index (χ4v) is 2.22. The minimum absolute atomic E-state index is 0.334. The van der Waals surface area contributed by atoms with Crippen LogP contribution < -0.4 is 5.73 Å². The van der Waals surface area contributed by atoms with E-state index in [1.54, 1.807) is 6.07 Å². The topological polar surface area (TPSA) is 43.8 Å². The number of hydrogen-bond acceptors (Lipinski definition) is 2. The largest absolute Gasteiger partial charge is 0.326 e. The molecule has 0 amide bonds. The van der Waals surface area contributed by atoms with Gasteiger partial charge >= 0.3 is 0 Å². The van der Waals surface area contributed by atoms with Crippen molar-refractivity contribution in [2.24, 2.45) is 5.73 Å². The van der Waals surface area contributed by atoms with Crippen LogP contribution in [0.3, 0.4) is 0 Å². The number of nitrogens with zero attached hydrogens (tertiary/aromatic N) is 2. The Morgan fingerprint density at radius 2 is 2.11 bits per heavy atom. The van der Waals surface area contributed by atoms with E-state index in [2.05, 4.69) is 5.10 Å². The third kappa shape index (κ3) is 2.40. The third-order valence-corrected chi connectivity index (χ3v) is 3.42. The Labute approximate surface area is 110 Å². The van der Waals surface area contributed by atoms with Crippen LogP contribution in [-0.2, 0) is 13.1 Å². The zero-order chi connectivity index (χ0) is 13.3. The summed E-state index contributed by atoms with van der Waals surface area (Å²) in [7, 11) is 0. The van der Waals surface area contributed by atoms with Gasteiger partial charge in [0.25, 0.3) is 0 Å². The van der Waals surface area contributed by atoms with Gasteiger partial charge in [-0.2, -0.15) is 5.10 Å². The number of halogens is 2. The molecule has 1 aromatic carbocycles. The van der Waals surface area contributed by atoms with E-state index in [4.69, 9.17) is 17.3 Å². The van der Waals surface area contributed by atoms with Crippen molar-refractivity contribution in [1.29, 1.82) is 0 Å². The molecular weight excluding hydrogens is 253 g/mol. The average Bonchev–Trinajstić information content (AvgIpc) is 2.58. The summed E-state index contributed by atoms with van der Waals surface area (Å²) in [5.41, 5.74) is 9.52. The lowest BCUT2D eigenvalue weighted by Gasteiger charge is -2.07. The molecule has 2 N–H and O–H groups in total. The van der Waals surface area contributed by atoms with Crippen LogP contribution in [0.4, 0.5) is 4.39 Å². The molecule has 0 fully saturated rings. The zero-order valence-electron chi connectivity index (χ0n) is 10.4. The van der Waals surface area contributed by atoms with E-state index in [-0.39, 0.29) is 5.82 Å². The Hall–Kier alpha value is -1.39. The number of aryl methyl sites for hydroxylation is 1. The van der Waals surface area contributed by atoms with Crippen molar-refractivity contribution in [1.82, 2.24) is 9.78 Å². The van der Waals surface area contributed by atoms with Gasteiger partial charge in [-0.1, -0.05) is 17.7 Å². The Morgan fingerprint density at radius 1 is 1.39 bits per heavy atom. The van der Waals surface area contributed by atoms with Gasteiger partial charge in [0.15, 0.2) is 0 Å². The lowest BCUT2D eigenvalue weighted by molar-refractivity contribution is 0.622. The second kappa shape index (κ2) is 5.08. The van der Waals surface area contributed by atoms with E-state index in [1.807, 2.05) is 18.5 Å². The van der Waals surface area contributed by atoms with Gasteiger partial charge in [0.2, 0.25) is 0 Å². The Balaban J connectivity index is 2.34. The molecule has 1 aromatic heterocycles. The van der Waals surface area contributed by atoms with Crippen LogP contribution >= 0.6 is 11.6 Å². The summed E-state index contributed by atoms with van der Waals surface area (Å²) in [5, 5.41) is 4.84.